The maximum atomic E-state index is 12.2. The van der Waals surface area contributed by atoms with E-state index in [1.807, 2.05) is 23.8 Å². The Kier molecular flexibility index (Phi) is 4.68. The molecule has 5 heteroatoms. The molecule has 1 amide bonds. The summed E-state index contributed by atoms with van der Waals surface area (Å²) in [5, 5.41) is 12.5. The van der Waals surface area contributed by atoms with E-state index >= 15 is 0 Å². The van der Waals surface area contributed by atoms with Crippen LogP contribution in [0.2, 0.25) is 0 Å². The molecule has 0 aromatic carbocycles. The van der Waals surface area contributed by atoms with E-state index in [-0.39, 0.29) is 17.9 Å². The molecule has 19 heavy (non-hydrogen) atoms. The number of amides is 1. The Bertz CT molecular complexity index is 450. The van der Waals surface area contributed by atoms with Crippen molar-refractivity contribution in [2.45, 2.75) is 39.2 Å². The Morgan fingerprint density at radius 1 is 1.53 bits per heavy atom. The van der Waals surface area contributed by atoms with Gasteiger partial charge in [-0.3, -0.25) is 4.79 Å². The molecule has 0 aliphatic heterocycles. The Balaban J connectivity index is 2.01. The molecule has 0 atom stereocenters. The van der Waals surface area contributed by atoms with Gasteiger partial charge in [0.25, 0.3) is 5.91 Å². The zero-order valence-corrected chi connectivity index (χ0v) is 12.9. The molecule has 4 nitrogen and oxygen atoms in total. The molecule has 1 aliphatic rings. The first-order chi connectivity index (χ1) is 9.10. The Morgan fingerprint density at radius 3 is 2.79 bits per heavy atom. The molecular formula is C14H21BrN2O2. The van der Waals surface area contributed by atoms with E-state index in [0.29, 0.717) is 12.2 Å². The van der Waals surface area contributed by atoms with Crippen LogP contribution >= 0.6 is 15.9 Å². The molecule has 1 saturated carbocycles. The molecule has 2 rings (SSSR count). The number of aliphatic hydroxyl groups excluding tert-OH is 1. The monoisotopic (exact) mass is 328 g/mol. The second-order valence-electron chi connectivity index (χ2n) is 5.38. The minimum atomic E-state index is -0.101. The quantitative estimate of drug-likeness (QED) is 0.872. The molecule has 1 fully saturated rings. The fourth-order valence-corrected chi connectivity index (χ4v) is 3.26. The highest BCUT2D eigenvalue weighted by Gasteiger charge is 2.33. The first-order valence-corrected chi connectivity index (χ1v) is 7.64. The second kappa shape index (κ2) is 6.09. The number of carbonyl (C=O) groups excluding carboxylic acids is 1. The summed E-state index contributed by atoms with van der Waals surface area (Å²) in [5.41, 5.74) is 0.566. The Hall–Kier alpha value is -0.810. The standard InChI is InChI=1S/C14H21BrN2O2/c1-2-17-8-11(15)7-12(17)13(19)16-9-14(10-18)5-3-4-6-14/h7-8,18H,2-6,9-10H2,1H3,(H,16,19). The highest BCUT2D eigenvalue weighted by molar-refractivity contribution is 9.10. The first kappa shape index (κ1) is 14.6. The summed E-state index contributed by atoms with van der Waals surface area (Å²) in [4.78, 5) is 12.2. The molecule has 0 unspecified atom stereocenters. The van der Waals surface area contributed by atoms with Gasteiger partial charge in [0, 0.05) is 29.2 Å². The number of nitrogens with one attached hydrogen (secondary N) is 1. The van der Waals surface area contributed by atoms with Crippen LogP contribution < -0.4 is 5.32 Å². The van der Waals surface area contributed by atoms with Crippen LogP contribution in [0.4, 0.5) is 0 Å². The smallest absolute Gasteiger partial charge is 0.267 e. The summed E-state index contributed by atoms with van der Waals surface area (Å²) >= 11 is 3.39. The minimum absolute atomic E-state index is 0.0627. The van der Waals surface area contributed by atoms with E-state index in [1.165, 1.54) is 0 Å². The van der Waals surface area contributed by atoms with Crippen LogP contribution in [-0.4, -0.2) is 28.7 Å². The third-order valence-corrected chi connectivity index (χ3v) is 4.49. The number of carbonyl (C=O) groups is 1. The molecule has 1 aromatic rings. The SMILES string of the molecule is CCn1cc(Br)cc1C(=O)NCC1(CO)CCCC1. The third-order valence-electron chi connectivity index (χ3n) is 4.06. The van der Waals surface area contributed by atoms with Gasteiger partial charge in [-0.1, -0.05) is 12.8 Å². The molecule has 106 valence electrons. The van der Waals surface area contributed by atoms with Crippen molar-refractivity contribution in [1.29, 1.82) is 0 Å². The summed E-state index contributed by atoms with van der Waals surface area (Å²) in [6.45, 7) is 3.50. The maximum absolute atomic E-state index is 12.2. The highest BCUT2D eigenvalue weighted by Crippen LogP contribution is 2.36. The van der Waals surface area contributed by atoms with Gasteiger partial charge in [0.05, 0.1) is 6.61 Å². The van der Waals surface area contributed by atoms with Gasteiger partial charge in [-0.25, -0.2) is 0 Å². The number of rotatable bonds is 5. The normalized spacial score (nSPS) is 17.6. The number of hydrogen-bond acceptors (Lipinski definition) is 2. The molecule has 1 heterocycles. The van der Waals surface area contributed by atoms with Gasteiger partial charge in [0.1, 0.15) is 5.69 Å². The van der Waals surface area contributed by atoms with Crippen LogP contribution in [-0.2, 0) is 6.54 Å². The molecule has 1 aliphatic carbocycles. The summed E-state index contributed by atoms with van der Waals surface area (Å²) in [6, 6.07) is 1.83. The average Bonchev–Trinajstić information content (AvgIpc) is 3.03. The predicted molar refractivity (Wildman–Crippen MR) is 78.1 cm³/mol. The topological polar surface area (TPSA) is 54.3 Å². The van der Waals surface area contributed by atoms with Gasteiger partial charge in [0.2, 0.25) is 0 Å². The van der Waals surface area contributed by atoms with Crippen molar-refractivity contribution in [3.05, 3.63) is 22.4 Å². The van der Waals surface area contributed by atoms with Crippen LogP contribution in [0.1, 0.15) is 43.1 Å². The maximum Gasteiger partial charge on any atom is 0.267 e. The molecule has 2 N–H and O–H groups in total. The summed E-state index contributed by atoms with van der Waals surface area (Å²) < 4.78 is 2.83. The third kappa shape index (κ3) is 3.20. The lowest BCUT2D eigenvalue weighted by atomic mass is 9.87. The zero-order chi connectivity index (χ0) is 13.9. The number of aromatic nitrogens is 1. The van der Waals surface area contributed by atoms with E-state index in [9.17, 15) is 9.90 Å². The Labute approximate surface area is 122 Å². The average molecular weight is 329 g/mol. The van der Waals surface area contributed by atoms with Gasteiger partial charge in [0.15, 0.2) is 0 Å². The van der Waals surface area contributed by atoms with Crippen molar-refractivity contribution >= 4 is 21.8 Å². The molecule has 0 bridgehead atoms. The van der Waals surface area contributed by atoms with Crippen molar-refractivity contribution in [3.8, 4) is 0 Å². The Morgan fingerprint density at radius 2 is 2.21 bits per heavy atom. The van der Waals surface area contributed by atoms with Crippen molar-refractivity contribution in [1.82, 2.24) is 9.88 Å². The molecule has 1 aromatic heterocycles. The van der Waals surface area contributed by atoms with Crippen LogP contribution in [0.5, 0.6) is 0 Å². The number of halogens is 1. The lowest BCUT2D eigenvalue weighted by Crippen LogP contribution is -2.38. The zero-order valence-electron chi connectivity index (χ0n) is 11.3. The van der Waals surface area contributed by atoms with Gasteiger partial charge < -0.3 is 15.0 Å². The van der Waals surface area contributed by atoms with Crippen molar-refractivity contribution in [2.75, 3.05) is 13.2 Å². The molecule has 0 spiro atoms. The number of hydrogen-bond donors (Lipinski definition) is 2. The van der Waals surface area contributed by atoms with E-state index in [1.54, 1.807) is 0 Å². The van der Waals surface area contributed by atoms with E-state index in [2.05, 4.69) is 21.2 Å². The van der Waals surface area contributed by atoms with E-state index in [4.69, 9.17) is 0 Å². The van der Waals surface area contributed by atoms with Gasteiger partial charge in [-0.05, 0) is 41.8 Å². The number of aryl methyl sites for hydroxylation is 1. The van der Waals surface area contributed by atoms with Crippen molar-refractivity contribution < 1.29 is 9.90 Å². The second-order valence-corrected chi connectivity index (χ2v) is 6.29. The predicted octanol–water partition coefficient (Wildman–Crippen LogP) is 2.55. The molecule has 0 saturated heterocycles. The van der Waals surface area contributed by atoms with Gasteiger partial charge >= 0.3 is 0 Å². The summed E-state index contributed by atoms with van der Waals surface area (Å²) in [5.74, 6) is -0.0627. The van der Waals surface area contributed by atoms with E-state index in [0.717, 1.165) is 36.7 Å². The van der Waals surface area contributed by atoms with Crippen LogP contribution in [0, 0.1) is 5.41 Å². The van der Waals surface area contributed by atoms with Crippen molar-refractivity contribution in [3.63, 3.8) is 0 Å². The fraction of sp³-hybridized carbons (Fsp3) is 0.643. The van der Waals surface area contributed by atoms with Gasteiger partial charge in [-0.2, -0.15) is 0 Å². The molecular weight excluding hydrogens is 308 g/mol. The van der Waals surface area contributed by atoms with Gasteiger partial charge in [-0.15, -0.1) is 0 Å². The van der Waals surface area contributed by atoms with Crippen LogP contribution in [0.15, 0.2) is 16.7 Å². The highest BCUT2D eigenvalue weighted by atomic mass is 79.9. The fourth-order valence-electron chi connectivity index (χ4n) is 2.80. The van der Waals surface area contributed by atoms with Crippen LogP contribution in [0.3, 0.4) is 0 Å². The van der Waals surface area contributed by atoms with Crippen LogP contribution in [0.25, 0.3) is 0 Å². The number of aliphatic hydroxyl groups is 1. The largest absolute Gasteiger partial charge is 0.396 e. The van der Waals surface area contributed by atoms with Crippen molar-refractivity contribution in [2.24, 2.45) is 5.41 Å². The minimum Gasteiger partial charge on any atom is -0.396 e. The lowest BCUT2D eigenvalue weighted by Gasteiger charge is -2.26. The summed E-state index contributed by atoms with van der Waals surface area (Å²) in [7, 11) is 0. The molecule has 0 radical (unpaired) electrons. The van der Waals surface area contributed by atoms with E-state index < -0.39 is 0 Å². The summed E-state index contributed by atoms with van der Waals surface area (Å²) in [6.07, 6.45) is 6.21. The first-order valence-electron chi connectivity index (χ1n) is 6.85. The number of nitrogens with zero attached hydrogens (tertiary/aromatic N) is 1. The lowest BCUT2D eigenvalue weighted by molar-refractivity contribution is 0.0872.